The summed E-state index contributed by atoms with van der Waals surface area (Å²) in [5.74, 6) is -0.999. The van der Waals surface area contributed by atoms with Crippen molar-refractivity contribution >= 4 is 23.4 Å². The average Bonchev–Trinajstić information content (AvgIpc) is 2.47. The van der Waals surface area contributed by atoms with E-state index in [1.54, 1.807) is 6.07 Å². The second-order valence-electron chi connectivity index (χ2n) is 4.14. The van der Waals surface area contributed by atoms with Crippen LogP contribution in [0.25, 0.3) is 0 Å². The SMILES string of the molecule is COc1cc(Nc2cc(C(N)=O)ccn2)ccc1C(=O)O. The van der Waals surface area contributed by atoms with Gasteiger partial charge in [0.05, 0.1) is 7.11 Å². The zero-order chi connectivity index (χ0) is 15.4. The number of primary amides is 1. The highest BCUT2D eigenvalue weighted by molar-refractivity contribution is 5.94. The van der Waals surface area contributed by atoms with Gasteiger partial charge in [-0.15, -0.1) is 0 Å². The quantitative estimate of drug-likeness (QED) is 0.770. The van der Waals surface area contributed by atoms with E-state index >= 15 is 0 Å². The zero-order valence-corrected chi connectivity index (χ0v) is 11.2. The van der Waals surface area contributed by atoms with E-state index in [2.05, 4.69) is 10.3 Å². The normalized spacial score (nSPS) is 9.95. The van der Waals surface area contributed by atoms with Crippen molar-refractivity contribution in [2.24, 2.45) is 5.73 Å². The number of nitrogens with two attached hydrogens (primary N) is 1. The number of carbonyl (C=O) groups excluding carboxylic acids is 1. The molecule has 7 heteroatoms. The molecule has 1 aromatic heterocycles. The Morgan fingerprint density at radius 2 is 2.05 bits per heavy atom. The molecule has 0 saturated heterocycles. The number of nitrogens with zero attached hydrogens (tertiary/aromatic N) is 1. The monoisotopic (exact) mass is 287 g/mol. The second kappa shape index (κ2) is 5.91. The molecular formula is C14H13N3O4. The largest absolute Gasteiger partial charge is 0.496 e. The maximum atomic E-state index is 11.1. The number of hydrogen-bond acceptors (Lipinski definition) is 5. The van der Waals surface area contributed by atoms with Crippen LogP contribution in [0.3, 0.4) is 0 Å². The first kappa shape index (κ1) is 14.3. The van der Waals surface area contributed by atoms with Gasteiger partial charge in [0.25, 0.3) is 0 Å². The number of methoxy groups -OCH3 is 1. The molecule has 1 amide bonds. The van der Waals surface area contributed by atoms with E-state index in [1.807, 2.05) is 0 Å². The third-order valence-corrected chi connectivity index (χ3v) is 2.75. The van der Waals surface area contributed by atoms with Gasteiger partial charge in [0.2, 0.25) is 5.91 Å². The van der Waals surface area contributed by atoms with Gasteiger partial charge in [-0.05, 0) is 24.3 Å². The summed E-state index contributed by atoms with van der Waals surface area (Å²) in [5.41, 5.74) is 6.15. The number of carboxylic acid groups (broad SMARTS) is 1. The lowest BCUT2D eigenvalue weighted by Crippen LogP contribution is -2.11. The molecule has 108 valence electrons. The lowest BCUT2D eigenvalue weighted by molar-refractivity contribution is 0.0693. The molecule has 0 fully saturated rings. The van der Waals surface area contributed by atoms with Gasteiger partial charge in [-0.2, -0.15) is 0 Å². The summed E-state index contributed by atoms with van der Waals surface area (Å²) in [6.45, 7) is 0. The number of carbonyl (C=O) groups is 2. The van der Waals surface area contributed by atoms with Gasteiger partial charge in [-0.1, -0.05) is 0 Å². The lowest BCUT2D eigenvalue weighted by atomic mass is 10.1. The number of pyridine rings is 1. The number of aromatic nitrogens is 1. The molecule has 0 saturated carbocycles. The number of benzene rings is 1. The van der Waals surface area contributed by atoms with Crippen LogP contribution < -0.4 is 15.8 Å². The van der Waals surface area contributed by atoms with Crippen LogP contribution in [0, 0.1) is 0 Å². The number of anilines is 2. The molecule has 2 aromatic rings. The molecule has 0 aliphatic rings. The van der Waals surface area contributed by atoms with Crippen LogP contribution in [-0.2, 0) is 0 Å². The molecule has 0 aliphatic heterocycles. The summed E-state index contributed by atoms with van der Waals surface area (Å²) in [6, 6.07) is 7.52. The number of ether oxygens (including phenoxy) is 1. The second-order valence-corrected chi connectivity index (χ2v) is 4.14. The molecule has 0 unspecified atom stereocenters. The summed E-state index contributed by atoms with van der Waals surface area (Å²) in [7, 11) is 1.39. The Balaban J connectivity index is 2.29. The van der Waals surface area contributed by atoms with Crippen molar-refractivity contribution < 1.29 is 19.4 Å². The predicted molar refractivity (Wildman–Crippen MR) is 76.0 cm³/mol. The van der Waals surface area contributed by atoms with Crippen LogP contribution in [0.1, 0.15) is 20.7 Å². The van der Waals surface area contributed by atoms with Gasteiger partial charge < -0.3 is 20.9 Å². The molecule has 7 nitrogen and oxygen atoms in total. The molecule has 1 aromatic carbocycles. The molecule has 1 heterocycles. The summed E-state index contributed by atoms with van der Waals surface area (Å²) in [4.78, 5) is 26.2. The summed E-state index contributed by atoms with van der Waals surface area (Å²) in [5, 5.41) is 12.0. The Kier molecular flexibility index (Phi) is 4.03. The van der Waals surface area contributed by atoms with E-state index in [4.69, 9.17) is 15.6 Å². The van der Waals surface area contributed by atoms with Gasteiger partial charge in [-0.3, -0.25) is 4.79 Å². The Morgan fingerprint density at radius 1 is 1.29 bits per heavy atom. The van der Waals surface area contributed by atoms with Crippen LogP contribution in [0.5, 0.6) is 5.75 Å². The summed E-state index contributed by atoms with van der Waals surface area (Å²) >= 11 is 0. The fourth-order valence-corrected chi connectivity index (χ4v) is 1.75. The van der Waals surface area contributed by atoms with E-state index in [-0.39, 0.29) is 11.3 Å². The number of nitrogens with one attached hydrogen (secondary N) is 1. The highest BCUT2D eigenvalue weighted by Crippen LogP contribution is 2.25. The Morgan fingerprint density at radius 3 is 2.67 bits per heavy atom. The van der Waals surface area contributed by atoms with Crippen LogP contribution in [-0.4, -0.2) is 29.1 Å². The number of amides is 1. The van der Waals surface area contributed by atoms with E-state index in [0.717, 1.165) is 0 Å². The molecule has 2 rings (SSSR count). The lowest BCUT2D eigenvalue weighted by Gasteiger charge is -2.10. The van der Waals surface area contributed by atoms with E-state index in [1.165, 1.54) is 37.6 Å². The van der Waals surface area contributed by atoms with Crippen molar-refractivity contribution in [3.05, 3.63) is 47.7 Å². The topological polar surface area (TPSA) is 115 Å². The van der Waals surface area contributed by atoms with Gasteiger partial charge >= 0.3 is 5.97 Å². The highest BCUT2D eigenvalue weighted by atomic mass is 16.5. The summed E-state index contributed by atoms with van der Waals surface area (Å²) < 4.78 is 5.03. The van der Waals surface area contributed by atoms with Crippen molar-refractivity contribution in [1.29, 1.82) is 0 Å². The molecule has 0 radical (unpaired) electrons. The van der Waals surface area contributed by atoms with Gasteiger partial charge in [0.1, 0.15) is 17.1 Å². The summed E-state index contributed by atoms with van der Waals surface area (Å²) in [6.07, 6.45) is 1.45. The predicted octanol–water partition coefficient (Wildman–Crippen LogP) is 1.63. The number of hydrogen-bond donors (Lipinski definition) is 3. The van der Waals surface area contributed by atoms with Crippen LogP contribution in [0.15, 0.2) is 36.5 Å². The first-order chi connectivity index (χ1) is 10.0. The van der Waals surface area contributed by atoms with E-state index in [9.17, 15) is 9.59 Å². The highest BCUT2D eigenvalue weighted by Gasteiger charge is 2.11. The first-order valence-corrected chi connectivity index (χ1v) is 5.95. The average molecular weight is 287 g/mol. The van der Waals surface area contributed by atoms with Gasteiger partial charge in [0, 0.05) is 23.5 Å². The Hall–Kier alpha value is -3.09. The molecule has 0 bridgehead atoms. The fourth-order valence-electron chi connectivity index (χ4n) is 1.75. The zero-order valence-electron chi connectivity index (χ0n) is 11.2. The number of aromatic carboxylic acids is 1. The molecule has 4 N–H and O–H groups in total. The molecule has 0 spiro atoms. The Bertz CT molecular complexity index is 700. The molecular weight excluding hydrogens is 274 g/mol. The smallest absolute Gasteiger partial charge is 0.339 e. The standard InChI is InChI=1S/C14H13N3O4/c1-21-11-7-9(2-3-10(11)14(19)20)17-12-6-8(13(15)18)4-5-16-12/h2-7H,1H3,(H2,15,18)(H,16,17)(H,19,20). The van der Waals surface area contributed by atoms with Gasteiger partial charge in [-0.25, -0.2) is 9.78 Å². The minimum absolute atomic E-state index is 0.0573. The number of rotatable bonds is 5. The molecule has 0 atom stereocenters. The maximum Gasteiger partial charge on any atom is 0.339 e. The molecule has 0 aliphatic carbocycles. The minimum atomic E-state index is -1.08. The van der Waals surface area contributed by atoms with E-state index in [0.29, 0.717) is 17.1 Å². The minimum Gasteiger partial charge on any atom is -0.496 e. The third kappa shape index (κ3) is 3.27. The van der Waals surface area contributed by atoms with Crippen molar-refractivity contribution in [3.8, 4) is 5.75 Å². The number of carboxylic acids is 1. The van der Waals surface area contributed by atoms with Gasteiger partial charge in [0.15, 0.2) is 0 Å². The van der Waals surface area contributed by atoms with Crippen LogP contribution in [0.4, 0.5) is 11.5 Å². The fraction of sp³-hybridized carbons (Fsp3) is 0.0714. The third-order valence-electron chi connectivity index (χ3n) is 2.75. The molecule has 21 heavy (non-hydrogen) atoms. The van der Waals surface area contributed by atoms with Crippen molar-refractivity contribution in [1.82, 2.24) is 4.98 Å². The Labute approximate surface area is 120 Å². The maximum absolute atomic E-state index is 11.1. The van der Waals surface area contributed by atoms with Crippen LogP contribution >= 0.6 is 0 Å². The van der Waals surface area contributed by atoms with E-state index < -0.39 is 11.9 Å². The van der Waals surface area contributed by atoms with Crippen LogP contribution in [0.2, 0.25) is 0 Å². The van der Waals surface area contributed by atoms with Crippen molar-refractivity contribution in [3.63, 3.8) is 0 Å². The van der Waals surface area contributed by atoms with Crippen molar-refractivity contribution in [2.45, 2.75) is 0 Å². The van der Waals surface area contributed by atoms with Crippen molar-refractivity contribution in [2.75, 3.05) is 12.4 Å². The first-order valence-electron chi connectivity index (χ1n) is 5.95.